The molecule has 0 amide bonds. The monoisotopic (exact) mass is 264 g/mol. The van der Waals surface area contributed by atoms with Gasteiger partial charge in [-0.05, 0) is 46.2 Å². The van der Waals surface area contributed by atoms with E-state index in [9.17, 15) is 4.39 Å². The fraction of sp³-hybridized carbons (Fsp3) is 0.625. The highest BCUT2D eigenvalue weighted by Gasteiger charge is 2.36. The van der Waals surface area contributed by atoms with Gasteiger partial charge < -0.3 is 5.73 Å². The van der Waals surface area contributed by atoms with Gasteiger partial charge in [0.05, 0.1) is 6.04 Å². The Hall–Kier alpha value is -0.930. The quantitative estimate of drug-likeness (QED) is 0.841. The number of nitrogens with zero attached hydrogens (tertiary/aromatic N) is 1. The van der Waals surface area contributed by atoms with E-state index in [0.717, 1.165) is 31.4 Å². The lowest BCUT2D eigenvalue weighted by Gasteiger charge is -2.43. The van der Waals surface area contributed by atoms with Gasteiger partial charge in [0, 0.05) is 17.1 Å². The van der Waals surface area contributed by atoms with Gasteiger partial charge in [-0.15, -0.1) is 0 Å². The van der Waals surface area contributed by atoms with E-state index in [0.29, 0.717) is 0 Å². The smallest absolute Gasteiger partial charge is 0.128 e. The van der Waals surface area contributed by atoms with E-state index in [-0.39, 0.29) is 23.4 Å². The maximum Gasteiger partial charge on any atom is 0.128 e. The Labute approximate surface area is 115 Å². The molecule has 0 radical (unpaired) electrons. The summed E-state index contributed by atoms with van der Waals surface area (Å²) in [5, 5.41) is 0. The summed E-state index contributed by atoms with van der Waals surface area (Å²) >= 11 is 0. The van der Waals surface area contributed by atoms with Crippen LogP contribution in [-0.2, 0) is 0 Å². The Morgan fingerprint density at radius 2 is 1.89 bits per heavy atom. The van der Waals surface area contributed by atoms with Crippen LogP contribution in [0.1, 0.15) is 51.6 Å². The Kier molecular flexibility index (Phi) is 4.26. The number of hydrogen-bond donors (Lipinski definition) is 1. The number of halogens is 1. The molecule has 1 saturated heterocycles. The summed E-state index contributed by atoms with van der Waals surface area (Å²) in [6, 6.07) is 7.03. The Bertz CT molecular complexity index is 425. The maximum atomic E-state index is 14.2. The first-order valence-corrected chi connectivity index (χ1v) is 7.18. The van der Waals surface area contributed by atoms with Crippen molar-refractivity contribution in [3.8, 4) is 0 Å². The zero-order valence-corrected chi connectivity index (χ0v) is 12.2. The highest BCUT2D eigenvalue weighted by molar-refractivity contribution is 5.24. The first-order chi connectivity index (χ1) is 8.91. The van der Waals surface area contributed by atoms with Crippen LogP contribution in [0.25, 0.3) is 0 Å². The van der Waals surface area contributed by atoms with Gasteiger partial charge in [-0.3, -0.25) is 4.90 Å². The third-order valence-electron chi connectivity index (χ3n) is 4.01. The van der Waals surface area contributed by atoms with Gasteiger partial charge in [-0.25, -0.2) is 4.39 Å². The molecule has 3 heteroatoms. The fourth-order valence-corrected chi connectivity index (χ4v) is 3.06. The molecule has 1 aromatic carbocycles. The van der Waals surface area contributed by atoms with Crippen LogP contribution < -0.4 is 5.73 Å². The number of rotatable bonds is 1. The molecule has 0 spiro atoms. The molecule has 1 fully saturated rings. The second kappa shape index (κ2) is 5.59. The summed E-state index contributed by atoms with van der Waals surface area (Å²) in [4.78, 5) is 2.36. The molecular weight excluding hydrogens is 239 g/mol. The molecule has 1 aliphatic rings. The third-order valence-corrected chi connectivity index (χ3v) is 4.01. The summed E-state index contributed by atoms with van der Waals surface area (Å²) in [6.45, 7) is 7.52. The van der Waals surface area contributed by atoms with E-state index in [1.54, 1.807) is 6.07 Å². The molecule has 0 bridgehead atoms. The van der Waals surface area contributed by atoms with E-state index in [1.165, 1.54) is 6.07 Å². The van der Waals surface area contributed by atoms with Gasteiger partial charge in [0.2, 0.25) is 0 Å². The lowest BCUT2D eigenvalue weighted by Crippen LogP contribution is -2.49. The molecule has 0 saturated carbocycles. The summed E-state index contributed by atoms with van der Waals surface area (Å²) in [5.74, 6) is -0.140. The minimum atomic E-state index is -0.140. The van der Waals surface area contributed by atoms with Gasteiger partial charge >= 0.3 is 0 Å². The molecule has 1 heterocycles. The molecular formula is C16H25FN2. The lowest BCUT2D eigenvalue weighted by molar-refractivity contribution is 0.0736. The Balaban J connectivity index is 2.43. The van der Waals surface area contributed by atoms with Gasteiger partial charge in [0.25, 0.3) is 0 Å². The highest BCUT2D eigenvalue weighted by Crippen LogP contribution is 2.35. The molecule has 106 valence electrons. The van der Waals surface area contributed by atoms with Crippen molar-refractivity contribution in [2.75, 3.05) is 6.54 Å². The van der Waals surface area contributed by atoms with E-state index in [4.69, 9.17) is 5.73 Å². The van der Waals surface area contributed by atoms with Crippen LogP contribution in [0.2, 0.25) is 0 Å². The van der Waals surface area contributed by atoms with E-state index < -0.39 is 0 Å². The SMILES string of the molecule is CC(C)(C)N1CCCCC(N)C1c1ccccc1F. The molecule has 0 aromatic heterocycles. The van der Waals surface area contributed by atoms with Gasteiger partial charge in [0.15, 0.2) is 0 Å². The predicted molar refractivity (Wildman–Crippen MR) is 77.4 cm³/mol. The average molecular weight is 264 g/mol. The van der Waals surface area contributed by atoms with Crippen LogP contribution in [0.3, 0.4) is 0 Å². The molecule has 1 aliphatic heterocycles. The van der Waals surface area contributed by atoms with Crippen molar-refractivity contribution in [2.24, 2.45) is 5.73 Å². The van der Waals surface area contributed by atoms with Crippen LogP contribution in [0.5, 0.6) is 0 Å². The number of benzene rings is 1. The van der Waals surface area contributed by atoms with E-state index in [1.807, 2.05) is 12.1 Å². The molecule has 2 rings (SSSR count). The zero-order chi connectivity index (χ0) is 14.0. The summed E-state index contributed by atoms with van der Waals surface area (Å²) in [5.41, 5.74) is 7.10. The Morgan fingerprint density at radius 3 is 2.53 bits per heavy atom. The molecule has 19 heavy (non-hydrogen) atoms. The van der Waals surface area contributed by atoms with Crippen LogP contribution >= 0.6 is 0 Å². The summed E-state index contributed by atoms with van der Waals surface area (Å²) in [6.07, 6.45) is 3.22. The second-order valence-corrected chi connectivity index (χ2v) is 6.49. The molecule has 2 unspecified atom stereocenters. The minimum absolute atomic E-state index is 0.00127. The van der Waals surface area contributed by atoms with Crippen molar-refractivity contribution in [3.63, 3.8) is 0 Å². The molecule has 2 nitrogen and oxygen atoms in total. The van der Waals surface area contributed by atoms with Crippen LogP contribution in [-0.4, -0.2) is 23.0 Å². The van der Waals surface area contributed by atoms with Gasteiger partial charge in [-0.1, -0.05) is 24.6 Å². The predicted octanol–water partition coefficient (Wildman–Crippen LogP) is 3.48. The third kappa shape index (κ3) is 3.15. The van der Waals surface area contributed by atoms with Crippen LogP contribution in [0.15, 0.2) is 24.3 Å². The van der Waals surface area contributed by atoms with Crippen molar-refractivity contribution in [3.05, 3.63) is 35.6 Å². The summed E-state index contributed by atoms with van der Waals surface area (Å²) < 4.78 is 14.2. The van der Waals surface area contributed by atoms with Crippen molar-refractivity contribution in [1.29, 1.82) is 0 Å². The fourth-order valence-electron chi connectivity index (χ4n) is 3.06. The highest BCUT2D eigenvalue weighted by atomic mass is 19.1. The first-order valence-electron chi connectivity index (χ1n) is 7.18. The van der Waals surface area contributed by atoms with E-state index in [2.05, 4.69) is 25.7 Å². The lowest BCUT2D eigenvalue weighted by atomic mass is 9.92. The van der Waals surface area contributed by atoms with Crippen molar-refractivity contribution >= 4 is 0 Å². The Morgan fingerprint density at radius 1 is 1.21 bits per heavy atom. The molecule has 0 aliphatic carbocycles. The van der Waals surface area contributed by atoms with Gasteiger partial charge in [-0.2, -0.15) is 0 Å². The number of hydrogen-bond acceptors (Lipinski definition) is 2. The van der Waals surface area contributed by atoms with Crippen LogP contribution in [0.4, 0.5) is 4.39 Å². The molecule has 2 N–H and O–H groups in total. The van der Waals surface area contributed by atoms with Crippen molar-refractivity contribution < 1.29 is 4.39 Å². The van der Waals surface area contributed by atoms with E-state index >= 15 is 0 Å². The topological polar surface area (TPSA) is 29.3 Å². The van der Waals surface area contributed by atoms with Crippen molar-refractivity contribution in [1.82, 2.24) is 4.90 Å². The zero-order valence-electron chi connectivity index (χ0n) is 12.2. The molecule has 1 aromatic rings. The second-order valence-electron chi connectivity index (χ2n) is 6.49. The molecule has 2 atom stereocenters. The number of nitrogens with two attached hydrogens (primary N) is 1. The first kappa shape index (κ1) is 14.5. The van der Waals surface area contributed by atoms with Crippen molar-refractivity contribution in [2.45, 2.75) is 57.7 Å². The normalized spacial score (nSPS) is 26.2. The minimum Gasteiger partial charge on any atom is -0.326 e. The van der Waals surface area contributed by atoms with Gasteiger partial charge in [0.1, 0.15) is 5.82 Å². The number of likely N-dealkylation sites (tertiary alicyclic amines) is 1. The standard InChI is InChI=1S/C16H25FN2/c1-16(2,3)19-11-7-6-10-14(18)15(19)12-8-4-5-9-13(12)17/h4-5,8-9,14-15H,6-7,10-11,18H2,1-3H3. The summed E-state index contributed by atoms with van der Waals surface area (Å²) in [7, 11) is 0. The maximum absolute atomic E-state index is 14.2. The average Bonchev–Trinajstić information content (AvgIpc) is 2.51. The largest absolute Gasteiger partial charge is 0.326 e. The van der Waals surface area contributed by atoms with Crippen LogP contribution in [0, 0.1) is 5.82 Å².